The van der Waals surface area contributed by atoms with Crippen molar-refractivity contribution in [1.82, 2.24) is 0 Å². The molecule has 48 valence electrons. The summed E-state index contributed by atoms with van der Waals surface area (Å²) in [5.41, 5.74) is 1.33. The molecule has 1 aromatic rings. The van der Waals surface area contributed by atoms with Crippen molar-refractivity contribution in [3.63, 3.8) is 0 Å². The van der Waals surface area contributed by atoms with E-state index in [0.29, 0.717) is 4.83 Å². The SMILES string of the molecule is BrC1CC1c1ccoc1. The minimum absolute atomic E-state index is 0.704. The normalized spacial score (nSPS) is 32.6. The van der Waals surface area contributed by atoms with Crippen LogP contribution in [-0.2, 0) is 0 Å². The van der Waals surface area contributed by atoms with Crippen molar-refractivity contribution in [1.29, 1.82) is 0 Å². The van der Waals surface area contributed by atoms with Crippen molar-refractivity contribution in [3.05, 3.63) is 24.2 Å². The number of alkyl halides is 1. The van der Waals surface area contributed by atoms with E-state index in [1.54, 1.807) is 6.26 Å². The Labute approximate surface area is 62.2 Å². The average Bonchev–Trinajstić information content (AvgIpc) is 2.44. The fourth-order valence-corrected chi connectivity index (χ4v) is 1.70. The largest absolute Gasteiger partial charge is 0.472 e. The summed E-state index contributed by atoms with van der Waals surface area (Å²) >= 11 is 3.53. The molecule has 1 aromatic heterocycles. The van der Waals surface area contributed by atoms with Crippen LogP contribution >= 0.6 is 15.9 Å². The van der Waals surface area contributed by atoms with Crippen molar-refractivity contribution in [2.24, 2.45) is 0 Å². The predicted octanol–water partition coefficient (Wildman–Crippen LogP) is 2.53. The van der Waals surface area contributed by atoms with Gasteiger partial charge in [-0.25, -0.2) is 0 Å². The van der Waals surface area contributed by atoms with E-state index < -0.39 is 0 Å². The molecule has 0 saturated heterocycles. The molecule has 0 N–H and O–H groups in total. The minimum atomic E-state index is 0.704. The first-order valence-corrected chi connectivity index (χ1v) is 3.95. The van der Waals surface area contributed by atoms with E-state index in [4.69, 9.17) is 4.42 Å². The Hall–Kier alpha value is -0.240. The van der Waals surface area contributed by atoms with Crippen molar-refractivity contribution in [2.75, 3.05) is 0 Å². The topological polar surface area (TPSA) is 13.1 Å². The third-order valence-electron chi connectivity index (χ3n) is 1.68. The molecule has 0 radical (unpaired) electrons. The Morgan fingerprint density at radius 3 is 2.89 bits per heavy atom. The van der Waals surface area contributed by atoms with Crippen molar-refractivity contribution < 1.29 is 4.42 Å². The average molecular weight is 187 g/mol. The van der Waals surface area contributed by atoms with E-state index in [-0.39, 0.29) is 0 Å². The van der Waals surface area contributed by atoms with Crippen molar-refractivity contribution in [2.45, 2.75) is 17.2 Å². The Bertz CT molecular complexity index is 193. The fraction of sp³-hybridized carbons (Fsp3) is 0.429. The van der Waals surface area contributed by atoms with E-state index >= 15 is 0 Å². The molecular weight excluding hydrogens is 180 g/mol. The molecule has 2 heteroatoms. The Morgan fingerprint density at radius 2 is 2.44 bits per heavy atom. The fourth-order valence-electron chi connectivity index (χ4n) is 0.995. The molecule has 1 aliphatic rings. The van der Waals surface area contributed by atoms with E-state index in [9.17, 15) is 0 Å². The standard InChI is InChI=1S/C7H7BrO/c8-7-3-6(7)5-1-2-9-4-5/h1-2,4,6-7H,3H2. The highest BCUT2D eigenvalue weighted by Crippen LogP contribution is 2.46. The van der Waals surface area contributed by atoms with Crippen LogP contribution in [0.3, 0.4) is 0 Å². The van der Waals surface area contributed by atoms with Gasteiger partial charge in [-0.2, -0.15) is 0 Å². The lowest BCUT2D eigenvalue weighted by Crippen LogP contribution is -1.73. The van der Waals surface area contributed by atoms with Gasteiger partial charge in [0, 0.05) is 10.7 Å². The lowest BCUT2D eigenvalue weighted by Gasteiger charge is -1.83. The van der Waals surface area contributed by atoms with Crippen LogP contribution in [0.2, 0.25) is 0 Å². The first-order chi connectivity index (χ1) is 4.38. The summed E-state index contributed by atoms with van der Waals surface area (Å²) in [4.78, 5) is 0.704. The smallest absolute Gasteiger partial charge is 0.0937 e. The summed E-state index contributed by atoms with van der Waals surface area (Å²) in [7, 11) is 0. The maximum Gasteiger partial charge on any atom is 0.0937 e. The summed E-state index contributed by atoms with van der Waals surface area (Å²) in [6.45, 7) is 0. The van der Waals surface area contributed by atoms with Gasteiger partial charge in [0.05, 0.1) is 12.5 Å². The lowest BCUT2D eigenvalue weighted by atomic mass is 10.2. The third kappa shape index (κ3) is 0.917. The Morgan fingerprint density at radius 1 is 1.67 bits per heavy atom. The van der Waals surface area contributed by atoms with E-state index in [0.717, 1.165) is 5.92 Å². The lowest BCUT2D eigenvalue weighted by molar-refractivity contribution is 0.564. The molecule has 0 aliphatic heterocycles. The van der Waals surface area contributed by atoms with Gasteiger partial charge in [-0.3, -0.25) is 0 Å². The van der Waals surface area contributed by atoms with Gasteiger partial charge in [-0.1, -0.05) is 15.9 Å². The van der Waals surface area contributed by atoms with Crippen LogP contribution in [0.1, 0.15) is 17.9 Å². The van der Waals surface area contributed by atoms with Gasteiger partial charge in [0.15, 0.2) is 0 Å². The van der Waals surface area contributed by atoms with Gasteiger partial charge in [0.25, 0.3) is 0 Å². The molecule has 1 nitrogen and oxygen atoms in total. The summed E-state index contributed by atoms with van der Waals surface area (Å²) in [6, 6.07) is 2.03. The van der Waals surface area contributed by atoms with Crippen LogP contribution in [0.15, 0.2) is 23.0 Å². The van der Waals surface area contributed by atoms with Crippen LogP contribution in [0.4, 0.5) is 0 Å². The molecule has 0 spiro atoms. The van der Waals surface area contributed by atoms with Crippen LogP contribution in [0, 0.1) is 0 Å². The number of hydrogen-bond acceptors (Lipinski definition) is 1. The molecule has 1 heterocycles. The van der Waals surface area contributed by atoms with E-state index in [2.05, 4.69) is 15.9 Å². The predicted molar refractivity (Wildman–Crippen MR) is 38.8 cm³/mol. The second-order valence-electron chi connectivity index (χ2n) is 2.41. The molecule has 1 aliphatic carbocycles. The van der Waals surface area contributed by atoms with Crippen molar-refractivity contribution in [3.8, 4) is 0 Å². The quantitative estimate of drug-likeness (QED) is 0.615. The Balaban J connectivity index is 2.18. The third-order valence-corrected chi connectivity index (χ3v) is 2.70. The molecule has 0 aromatic carbocycles. The molecule has 2 atom stereocenters. The van der Waals surface area contributed by atoms with Crippen LogP contribution < -0.4 is 0 Å². The monoisotopic (exact) mass is 186 g/mol. The maximum absolute atomic E-state index is 4.94. The first-order valence-electron chi connectivity index (χ1n) is 3.04. The summed E-state index contributed by atoms with van der Waals surface area (Å²) < 4.78 is 4.94. The van der Waals surface area contributed by atoms with Crippen LogP contribution in [-0.4, -0.2) is 4.83 Å². The summed E-state index contributed by atoms with van der Waals surface area (Å²) in [6.07, 6.45) is 4.82. The molecule has 2 unspecified atom stereocenters. The van der Waals surface area contributed by atoms with Gasteiger partial charge in [-0.15, -0.1) is 0 Å². The Kier molecular flexibility index (Phi) is 1.15. The van der Waals surface area contributed by atoms with E-state index in [1.165, 1.54) is 12.0 Å². The molecule has 0 amide bonds. The van der Waals surface area contributed by atoms with Gasteiger partial charge >= 0.3 is 0 Å². The van der Waals surface area contributed by atoms with Gasteiger partial charge in [0.2, 0.25) is 0 Å². The highest BCUT2D eigenvalue weighted by molar-refractivity contribution is 9.09. The van der Waals surface area contributed by atoms with Crippen LogP contribution in [0.25, 0.3) is 0 Å². The molecule has 2 rings (SSSR count). The second kappa shape index (κ2) is 1.87. The highest BCUT2D eigenvalue weighted by Gasteiger charge is 2.36. The summed E-state index contributed by atoms with van der Waals surface area (Å²) in [5, 5.41) is 0. The summed E-state index contributed by atoms with van der Waals surface area (Å²) in [5.74, 6) is 0.726. The molecule has 0 bridgehead atoms. The van der Waals surface area contributed by atoms with Crippen molar-refractivity contribution >= 4 is 15.9 Å². The van der Waals surface area contributed by atoms with Gasteiger partial charge in [-0.05, 0) is 18.1 Å². The molecule has 9 heavy (non-hydrogen) atoms. The number of furan rings is 1. The maximum atomic E-state index is 4.94. The number of hydrogen-bond donors (Lipinski definition) is 0. The number of halogens is 1. The second-order valence-corrected chi connectivity index (χ2v) is 3.59. The van der Waals surface area contributed by atoms with Crippen LogP contribution in [0.5, 0.6) is 0 Å². The first kappa shape index (κ1) is 5.54. The molecular formula is C7H7BrO. The molecule has 1 saturated carbocycles. The highest BCUT2D eigenvalue weighted by atomic mass is 79.9. The van der Waals surface area contributed by atoms with E-state index in [1.807, 2.05) is 12.3 Å². The van der Waals surface area contributed by atoms with Gasteiger partial charge < -0.3 is 4.42 Å². The zero-order valence-electron chi connectivity index (χ0n) is 4.88. The zero-order valence-corrected chi connectivity index (χ0v) is 6.47. The minimum Gasteiger partial charge on any atom is -0.472 e. The zero-order chi connectivity index (χ0) is 6.27. The number of rotatable bonds is 1. The van der Waals surface area contributed by atoms with Gasteiger partial charge in [0.1, 0.15) is 0 Å². The molecule has 1 fully saturated rings.